The molecule has 0 radical (unpaired) electrons. The molecule has 30 heavy (non-hydrogen) atoms. The van der Waals surface area contributed by atoms with Crippen LogP contribution in [0, 0.1) is 6.92 Å². The number of ether oxygens (including phenoxy) is 2. The van der Waals surface area contributed by atoms with Crippen LogP contribution in [0.1, 0.15) is 34.8 Å². The van der Waals surface area contributed by atoms with Gasteiger partial charge in [-0.1, -0.05) is 13.0 Å². The van der Waals surface area contributed by atoms with Crippen LogP contribution in [0.2, 0.25) is 0 Å². The lowest BCUT2D eigenvalue weighted by Crippen LogP contribution is -2.52. The number of aryl methyl sites for hydroxylation is 1. The summed E-state index contributed by atoms with van der Waals surface area (Å²) in [6.07, 6.45) is 1.39. The topological polar surface area (TPSA) is 42.0 Å². The number of anilines is 1. The van der Waals surface area contributed by atoms with Gasteiger partial charge in [-0.05, 0) is 81.4 Å². The molecule has 5 heteroatoms. The standard InChI is InChI=1S/C25H34N2O3/c1-6-25(26(3)4,18-21-9-12-23(29-5)17-19(21)2)24(28)20-7-10-22(11-8-20)27-13-15-30-16-14-27/h7-12,17H,6,13-16,18H2,1-5H3. The van der Waals surface area contributed by atoms with Crippen LogP contribution in [0.5, 0.6) is 5.75 Å². The Morgan fingerprint density at radius 2 is 1.80 bits per heavy atom. The molecule has 0 bridgehead atoms. The second kappa shape index (κ2) is 9.63. The predicted molar refractivity (Wildman–Crippen MR) is 122 cm³/mol. The van der Waals surface area contributed by atoms with Crippen molar-refractivity contribution < 1.29 is 14.3 Å². The fourth-order valence-corrected chi connectivity index (χ4v) is 4.27. The number of nitrogens with zero attached hydrogens (tertiary/aromatic N) is 2. The third kappa shape index (κ3) is 4.52. The van der Waals surface area contributed by atoms with Crippen molar-refractivity contribution in [2.24, 2.45) is 0 Å². The van der Waals surface area contributed by atoms with E-state index in [0.717, 1.165) is 55.3 Å². The van der Waals surface area contributed by atoms with Crippen molar-refractivity contribution in [3.63, 3.8) is 0 Å². The Labute approximate surface area is 180 Å². The smallest absolute Gasteiger partial charge is 0.183 e. The van der Waals surface area contributed by atoms with Crippen molar-refractivity contribution >= 4 is 11.5 Å². The number of hydrogen-bond acceptors (Lipinski definition) is 5. The first kappa shape index (κ1) is 22.3. The number of morpholine rings is 1. The molecule has 0 spiro atoms. The number of ketones is 1. The number of Topliss-reactive ketones (excluding diaryl/α,β-unsaturated/α-hetero) is 1. The summed E-state index contributed by atoms with van der Waals surface area (Å²) < 4.78 is 10.8. The van der Waals surface area contributed by atoms with Crippen molar-refractivity contribution in [1.29, 1.82) is 0 Å². The minimum atomic E-state index is -0.597. The summed E-state index contributed by atoms with van der Waals surface area (Å²) in [4.78, 5) is 18.1. The maximum absolute atomic E-state index is 13.8. The van der Waals surface area contributed by atoms with Crippen molar-refractivity contribution in [2.75, 3.05) is 52.4 Å². The lowest BCUT2D eigenvalue weighted by molar-refractivity contribution is 0.0666. The summed E-state index contributed by atoms with van der Waals surface area (Å²) in [5.74, 6) is 1.01. The van der Waals surface area contributed by atoms with Gasteiger partial charge < -0.3 is 14.4 Å². The van der Waals surface area contributed by atoms with Gasteiger partial charge in [0.25, 0.3) is 0 Å². The monoisotopic (exact) mass is 410 g/mol. The van der Waals surface area contributed by atoms with E-state index in [4.69, 9.17) is 9.47 Å². The Morgan fingerprint density at radius 1 is 1.13 bits per heavy atom. The number of methoxy groups -OCH3 is 1. The van der Waals surface area contributed by atoms with E-state index < -0.39 is 5.54 Å². The van der Waals surface area contributed by atoms with Gasteiger partial charge in [-0.15, -0.1) is 0 Å². The van der Waals surface area contributed by atoms with E-state index in [-0.39, 0.29) is 5.78 Å². The summed E-state index contributed by atoms with van der Waals surface area (Å²) in [5.41, 5.74) is 3.62. The molecule has 0 aliphatic carbocycles. The molecular weight excluding hydrogens is 376 g/mol. The highest BCUT2D eigenvalue weighted by molar-refractivity contribution is 6.03. The van der Waals surface area contributed by atoms with Gasteiger partial charge in [-0.3, -0.25) is 9.69 Å². The van der Waals surface area contributed by atoms with Crippen molar-refractivity contribution in [2.45, 2.75) is 32.2 Å². The van der Waals surface area contributed by atoms with E-state index >= 15 is 0 Å². The predicted octanol–water partition coefficient (Wildman–Crippen LogP) is 3.98. The van der Waals surface area contributed by atoms with Crippen LogP contribution >= 0.6 is 0 Å². The molecule has 0 aromatic heterocycles. The van der Waals surface area contributed by atoms with Crippen LogP contribution in [-0.2, 0) is 11.2 Å². The van der Waals surface area contributed by atoms with Crippen LogP contribution in [0.3, 0.4) is 0 Å². The Morgan fingerprint density at radius 3 is 2.33 bits per heavy atom. The summed E-state index contributed by atoms with van der Waals surface area (Å²) in [5, 5.41) is 0. The van der Waals surface area contributed by atoms with E-state index in [1.165, 1.54) is 5.56 Å². The molecule has 0 N–H and O–H groups in total. The third-order valence-electron chi connectivity index (χ3n) is 6.40. The molecule has 1 atom stereocenters. The molecule has 2 aromatic rings. The van der Waals surface area contributed by atoms with Gasteiger partial charge in [0.1, 0.15) is 5.75 Å². The second-order valence-electron chi connectivity index (χ2n) is 8.22. The zero-order valence-corrected chi connectivity index (χ0v) is 18.9. The van der Waals surface area contributed by atoms with Crippen molar-refractivity contribution in [3.05, 3.63) is 59.2 Å². The molecule has 0 amide bonds. The number of carbonyl (C=O) groups is 1. The Kier molecular flexibility index (Phi) is 7.16. The average Bonchev–Trinajstić information content (AvgIpc) is 2.78. The summed E-state index contributed by atoms with van der Waals surface area (Å²) >= 11 is 0. The van der Waals surface area contributed by atoms with Crippen LogP contribution < -0.4 is 9.64 Å². The van der Waals surface area contributed by atoms with Gasteiger partial charge in [0.05, 0.1) is 25.9 Å². The van der Waals surface area contributed by atoms with Gasteiger partial charge in [0.15, 0.2) is 5.78 Å². The minimum absolute atomic E-state index is 0.166. The molecule has 5 nitrogen and oxygen atoms in total. The second-order valence-corrected chi connectivity index (χ2v) is 8.22. The SMILES string of the molecule is CCC(Cc1ccc(OC)cc1C)(C(=O)c1ccc(N2CCOCC2)cc1)N(C)C. The molecule has 1 unspecified atom stereocenters. The van der Waals surface area contributed by atoms with Gasteiger partial charge in [0, 0.05) is 24.3 Å². The molecule has 2 aromatic carbocycles. The number of hydrogen-bond donors (Lipinski definition) is 0. The van der Waals surface area contributed by atoms with Crippen molar-refractivity contribution in [1.82, 2.24) is 4.90 Å². The zero-order valence-electron chi connectivity index (χ0n) is 18.9. The molecule has 162 valence electrons. The van der Waals surface area contributed by atoms with Gasteiger partial charge >= 0.3 is 0 Å². The molecule has 1 aliphatic heterocycles. The number of likely N-dealkylation sites (N-methyl/N-ethyl adjacent to an activating group) is 1. The largest absolute Gasteiger partial charge is 0.497 e. The Hall–Kier alpha value is -2.37. The van der Waals surface area contributed by atoms with Crippen LogP contribution in [0.15, 0.2) is 42.5 Å². The molecule has 3 rings (SSSR count). The first-order chi connectivity index (χ1) is 14.4. The molecule has 1 aliphatic rings. The lowest BCUT2D eigenvalue weighted by Gasteiger charge is -2.38. The average molecular weight is 411 g/mol. The van der Waals surface area contributed by atoms with E-state index in [2.05, 4.69) is 41.8 Å². The number of rotatable bonds is 8. The van der Waals surface area contributed by atoms with Gasteiger partial charge in [0.2, 0.25) is 0 Å². The Balaban J connectivity index is 1.88. The van der Waals surface area contributed by atoms with E-state index in [9.17, 15) is 4.79 Å². The van der Waals surface area contributed by atoms with E-state index in [0.29, 0.717) is 6.42 Å². The van der Waals surface area contributed by atoms with Crippen LogP contribution in [0.25, 0.3) is 0 Å². The maximum Gasteiger partial charge on any atom is 0.183 e. The highest BCUT2D eigenvalue weighted by Crippen LogP contribution is 2.31. The highest BCUT2D eigenvalue weighted by atomic mass is 16.5. The minimum Gasteiger partial charge on any atom is -0.497 e. The number of benzene rings is 2. The van der Waals surface area contributed by atoms with Crippen LogP contribution in [-0.4, -0.2) is 63.7 Å². The molecule has 1 saturated heterocycles. The molecular formula is C25H34N2O3. The fourth-order valence-electron chi connectivity index (χ4n) is 4.27. The fraction of sp³-hybridized carbons (Fsp3) is 0.480. The van der Waals surface area contributed by atoms with Gasteiger partial charge in [-0.2, -0.15) is 0 Å². The summed E-state index contributed by atoms with van der Waals surface area (Å²) in [6.45, 7) is 7.46. The quantitative estimate of drug-likeness (QED) is 0.616. The third-order valence-corrected chi connectivity index (χ3v) is 6.40. The van der Waals surface area contributed by atoms with E-state index in [1.54, 1.807) is 7.11 Å². The van der Waals surface area contributed by atoms with Crippen molar-refractivity contribution in [3.8, 4) is 5.75 Å². The first-order valence-electron chi connectivity index (χ1n) is 10.7. The first-order valence-corrected chi connectivity index (χ1v) is 10.7. The maximum atomic E-state index is 13.8. The normalized spacial score (nSPS) is 16.4. The molecule has 0 saturated carbocycles. The number of carbonyl (C=O) groups excluding carboxylic acids is 1. The highest BCUT2D eigenvalue weighted by Gasteiger charge is 2.39. The lowest BCUT2D eigenvalue weighted by atomic mass is 9.79. The Bertz CT molecular complexity index is 857. The molecule has 1 fully saturated rings. The summed E-state index contributed by atoms with van der Waals surface area (Å²) in [7, 11) is 5.68. The summed E-state index contributed by atoms with van der Waals surface area (Å²) in [6, 6.07) is 14.2. The van der Waals surface area contributed by atoms with Gasteiger partial charge in [-0.25, -0.2) is 0 Å². The van der Waals surface area contributed by atoms with Crippen LogP contribution in [0.4, 0.5) is 5.69 Å². The van der Waals surface area contributed by atoms with E-state index in [1.807, 2.05) is 38.4 Å². The zero-order chi connectivity index (χ0) is 21.7. The molecule has 1 heterocycles.